The van der Waals surface area contributed by atoms with Crippen molar-refractivity contribution >= 4 is 23.4 Å². The molecule has 1 aliphatic rings. The molecule has 0 atom stereocenters. The van der Waals surface area contributed by atoms with Crippen LogP contribution in [0.3, 0.4) is 0 Å². The van der Waals surface area contributed by atoms with Gasteiger partial charge in [-0.25, -0.2) is 4.79 Å². The van der Waals surface area contributed by atoms with Gasteiger partial charge in [0, 0.05) is 35.5 Å². The number of carbonyl (C=O) groups excluding carboxylic acids is 2. The zero-order chi connectivity index (χ0) is 20.6. The first-order valence-electron chi connectivity index (χ1n) is 8.79. The van der Waals surface area contributed by atoms with Crippen molar-refractivity contribution in [2.45, 2.75) is 19.6 Å². The topological polar surface area (TPSA) is 129 Å². The van der Waals surface area contributed by atoms with Gasteiger partial charge in [-0.05, 0) is 12.1 Å². The van der Waals surface area contributed by atoms with Gasteiger partial charge in [-0.3, -0.25) is 14.9 Å². The summed E-state index contributed by atoms with van der Waals surface area (Å²) in [6.45, 7) is 0.0958. The SMILES string of the molecule is O=C(NCCC(=O)OCc1cc([N+](=O)[O-])cc2c1OCOC2)Nc1ccccc1. The standard InChI is InChI=1S/C19H19N3O7/c23-17(6-7-20-19(24)21-15-4-2-1-3-5-15)28-11-14-9-16(22(25)26)8-13-10-27-12-29-18(13)14/h1-5,8-9H,6-7,10-12H2,(H2,20,21,24). The number of anilines is 1. The van der Waals surface area contributed by atoms with E-state index < -0.39 is 16.9 Å². The summed E-state index contributed by atoms with van der Waals surface area (Å²) in [5.41, 5.74) is 1.41. The predicted octanol–water partition coefficient (Wildman–Crippen LogP) is 2.72. The van der Waals surface area contributed by atoms with E-state index in [9.17, 15) is 19.7 Å². The largest absolute Gasteiger partial charge is 0.467 e. The lowest BCUT2D eigenvalue weighted by atomic mass is 10.1. The predicted molar refractivity (Wildman–Crippen MR) is 101 cm³/mol. The van der Waals surface area contributed by atoms with Gasteiger partial charge in [0.05, 0.1) is 18.0 Å². The molecule has 0 aromatic heterocycles. The third-order valence-electron chi connectivity index (χ3n) is 4.02. The average molecular weight is 401 g/mol. The van der Waals surface area contributed by atoms with Crippen molar-refractivity contribution in [1.29, 1.82) is 0 Å². The van der Waals surface area contributed by atoms with Crippen molar-refractivity contribution in [2.75, 3.05) is 18.7 Å². The minimum atomic E-state index is -0.558. The van der Waals surface area contributed by atoms with E-state index in [2.05, 4.69) is 10.6 Å². The van der Waals surface area contributed by atoms with E-state index in [1.165, 1.54) is 12.1 Å². The van der Waals surface area contributed by atoms with Gasteiger partial charge in [0.15, 0.2) is 6.79 Å². The number of nitro groups is 1. The summed E-state index contributed by atoms with van der Waals surface area (Å²) in [5, 5.41) is 16.3. The van der Waals surface area contributed by atoms with Crippen LogP contribution < -0.4 is 15.4 Å². The molecule has 0 aliphatic carbocycles. The molecule has 0 saturated carbocycles. The van der Waals surface area contributed by atoms with Crippen LogP contribution in [0.15, 0.2) is 42.5 Å². The number of urea groups is 1. The summed E-state index contributed by atoms with van der Waals surface area (Å²) in [7, 11) is 0. The Morgan fingerprint density at radius 2 is 2.00 bits per heavy atom. The number of nitrogens with zero attached hydrogens (tertiary/aromatic N) is 1. The van der Waals surface area contributed by atoms with Crippen molar-refractivity contribution in [3.8, 4) is 5.75 Å². The Hall–Kier alpha value is -3.66. The molecule has 10 nitrogen and oxygen atoms in total. The van der Waals surface area contributed by atoms with Crippen LogP contribution in [0.4, 0.5) is 16.2 Å². The second kappa shape index (κ2) is 9.51. The van der Waals surface area contributed by atoms with Crippen LogP contribution in [-0.4, -0.2) is 30.3 Å². The molecule has 2 aromatic carbocycles. The molecular weight excluding hydrogens is 382 g/mol. The van der Waals surface area contributed by atoms with Crippen molar-refractivity contribution in [3.05, 3.63) is 63.7 Å². The van der Waals surface area contributed by atoms with Crippen LogP contribution in [0.1, 0.15) is 17.5 Å². The Labute approximate surface area is 165 Å². The molecule has 10 heteroatoms. The number of nitrogens with one attached hydrogen (secondary N) is 2. The van der Waals surface area contributed by atoms with Crippen molar-refractivity contribution in [1.82, 2.24) is 5.32 Å². The Bertz CT molecular complexity index is 902. The van der Waals surface area contributed by atoms with E-state index in [1.807, 2.05) is 6.07 Å². The highest BCUT2D eigenvalue weighted by atomic mass is 16.7. The first-order valence-corrected chi connectivity index (χ1v) is 8.79. The van der Waals surface area contributed by atoms with E-state index in [4.69, 9.17) is 14.2 Å². The summed E-state index contributed by atoms with van der Waals surface area (Å²) < 4.78 is 15.7. The molecule has 2 N–H and O–H groups in total. The van der Waals surface area contributed by atoms with Crippen molar-refractivity contribution < 1.29 is 28.7 Å². The highest BCUT2D eigenvalue weighted by Crippen LogP contribution is 2.33. The quantitative estimate of drug-likeness (QED) is 0.414. The maximum atomic E-state index is 11.9. The molecule has 0 saturated heterocycles. The lowest BCUT2D eigenvalue weighted by molar-refractivity contribution is -0.385. The number of hydrogen-bond donors (Lipinski definition) is 2. The fourth-order valence-electron chi connectivity index (χ4n) is 2.70. The van der Waals surface area contributed by atoms with Gasteiger partial charge in [-0.15, -0.1) is 0 Å². The van der Waals surface area contributed by atoms with Crippen molar-refractivity contribution in [2.24, 2.45) is 0 Å². The van der Waals surface area contributed by atoms with Gasteiger partial charge in [0.25, 0.3) is 5.69 Å². The summed E-state index contributed by atoms with van der Waals surface area (Å²) in [4.78, 5) is 34.3. The van der Waals surface area contributed by atoms with Crippen LogP contribution in [-0.2, 0) is 27.5 Å². The van der Waals surface area contributed by atoms with Crippen LogP contribution in [0.2, 0.25) is 0 Å². The molecule has 0 unspecified atom stereocenters. The molecule has 3 rings (SSSR count). The number of para-hydroxylation sites is 1. The minimum Gasteiger partial charge on any atom is -0.467 e. The van der Waals surface area contributed by atoms with Crippen LogP contribution in [0.25, 0.3) is 0 Å². The number of non-ortho nitro benzene ring substituents is 1. The van der Waals surface area contributed by atoms with Crippen LogP contribution in [0, 0.1) is 10.1 Å². The van der Waals surface area contributed by atoms with Crippen LogP contribution >= 0.6 is 0 Å². The van der Waals surface area contributed by atoms with E-state index in [-0.39, 0.29) is 38.7 Å². The van der Waals surface area contributed by atoms with E-state index in [0.29, 0.717) is 22.6 Å². The molecule has 1 heterocycles. The van der Waals surface area contributed by atoms with Gasteiger partial charge >= 0.3 is 12.0 Å². The van der Waals surface area contributed by atoms with E-state index in [1.54, 1.807) is 24.3 Å². The smallest absolute Gasteiger partial charge is 0.319 e. The molecule has 2 aromatic rings. The minimum absolute atomic E-state index is 0.0200. The number of amides is 2. The number of benzene rings is 2. The van der Waals surface area contributed by atoms with E-state index in [0.717, 1.165) is 0 Å². The zero-order valence-corrected chi connectivity index (χ0v) is 15.4. The van der Waals surface area contributed by atoms with Crippen molar-refractivity contribution in [3.63, 3.8) is 0 Å². The molecule has 2 amide bonds. The first kappa shape index (κ1) is 20.1. The molecule has 0 spiro atoms. The molecule has 29 heavy (non-hydrogen) atoms. The molecule has 0 fully saturated rings. The second-order valence-corrected chi connectivity index (χ2v) is 6.12. The number of carbonyl (C=O) groups is 2. The fourth-order valence-corrected chi connectivity index (χ4v) is 2.70. The summed E-state index contributed by atoms with van der Waals surface area (Å²) >= 11 is 0. The third-order valence-corrected chi connectivity index (χ3v) is 4.02. The van der Waals surface area contributed by atoms with Gasteiger partial charge in [0.2, 0.25) is 0 Å². The van der Waals surface area contributed by atoms with Gasteiger partial charge < -0.3 is 24.8 Å². The molecule has 152 valence electrons. The second-order valence-electron chi connectivity index (χ2n) is 6.12. The third kappa shape index (κ3) is 5.66. The Morgan fingerprint density at radius 1 is 1.21 bits per heavy atom. The summed E-state index contributed by atoms with van der Waals surface area (Å²) in [6.07, 6.45) is -0.0523. The molecule has 1 aliphatic heterocycles. The fraction of sp³-hybridized carbons (Fsp3) is 0.263. The number of fused-ring (bicyclic) bond motifs is 1. The lowest BCUT2D eigenvalue weighted by Crippen LogP contribution is -2.30. The number of nitro benzene ring substituents is 1. The Kier molecular flexibility index (Phi) is 6.59. The van der Waals surface area contributed by atoms with Gasteiger partial charge in [-0.2, -0.15) is 0 Å². The summed E-state index contributed by atoms with van der Waals surface area (Å²) in [5.74, 6) is -0.132. The van der Waals surface area contributed by atoms with Crippen LogP contribution in [0.5, 0.6) is 5.75 Å². The maximum Gasteiger partial charge on any atom is 0.319 e. The average Bonchev–Trinajstić information content (AvgIpc) is 2.72. The number of esters is 1. The highest BCUT2D eigenvalue weighted by Gasteiger charge is 2.21. The van der Waals surface area contributed by atoms with Gasteiger partial charge in [-0.1, -0.05) is 18.2 Å². The molecule has 0 bridgehead atoms. The number of hydrogen-bond acceptors (Lipinski definition) is 7. The van der Waals surface area contributed by atoms with Gasteiger partial charge in [0.1, 0.15) is 12.4 Å². The molecule has 0 radical (unpaired) electrons. The number of rotatable bonds is 7. The Balaban J connectivity index is 1.48. The Morgan fingerprint density at radius 3 is 2.76 bits per heavy atom. The normalized spacial score (nSPS) is 12.3. The lowest BCUT2D eigenvalue weighted by Gasteiger charge is -2.20. The van der Waals surface area contributed by atoms with E-state index >= 15 is 0 Å². The number of ether oxygens (including phenoxy) is 3. The monoisotopic (exact) mass is 401 g/mol. The summed E-state index contributed by atoms with van der Waals surface area (Å²) in [6, 6.07) is 11.1. The zero-order valence-electron chi connectivity index (χ0n) is 15.4. The maximum absolute atomic E-state index is 11.9. The molecular formula is C19H19N3O7. The first-order chi connectivity index (χ1) is 14.0. The highest BCUT2D eigenvalue weighted by molar-refractivity contribution is 5.89.